The van der Waals surface area contributed by atoms with E-state index in [-0.39, 0.29) is 5.54 Å². The second kappa shape index (κ2) is 6.73. The van der Waals surface area contributed by atoms with Gasteiger partial charge in [0.05, 0.1) is 24.3 Å². The van der Waals surface area contributed by atoms with Crippen molar-refractivity contribution in [1.82, 2.24) is 15.2 Å². The molecule has 2 aromatic heterocycles. The Morgan fingerprint density at radius 3 is 2.71 bits per heavy atom. The lowest BCUT2D eigenvalue weighted by atomic mass is 10.1. The van der Waals surface area contributed by atoms with Gasteiger partial charge in [0.25, 0.3) is 0 Å². The van der Waals surface area contributed by atoms with Crippen LogP contribution in [0.4, 0.5) is 0 Å². The molecule has 5 heteroatoms. The van der Waals surface area contributed by atoms with Crippen LogP contribution in [0.3, 0.4) is 0 Å². The Bertz CT molecular complexity index is 555. The Morgan fingerprint density at radius 2 is 2.10 bits per heavy atom. The summed E-state index contributed by atoms with van der Waals surface area (Å²) in [5.74, 6) is 2.04. The van der Waals surface area contributed by atoms with Crippen LogP contribution in [-0.2, 0) is 19.6 Å². The zero-order chi connectivity index (χ0) is 15.5. The molecule has 0 aromatic carbocycles. The fourth-order valence-electron chi connectivity index (χ4n) is 2.10. The van der Waals surface area contributed by atoms with E-state index in [1.807, 2.05) is 5.51 Å². The van der Waals surface area contributed by atoms with E-state index >= 15 is 0 Å². The highest BCUT2D eigenvalue weighted by Crippen LogP contribution is 2.17. The van der Waals surface area contributed by atoms with Gasteiger partial charge in [0.2, 0.25) is 0 Å². The molecule has 21 heavy (non-hydrogen) atoms. The maximum atomic E-state index is 5.98. The van der Waals surface area contributed by atoms with Crippen LogP contribution >= 0.6 is 11.3 Å². The first kappa shape index (κ1) is 16.2. The molecule has 4 nitrogen and oxygen atoms in total. The quantitative estimate of drug-likeness (QED) is 0.886. The van der Waals surface area contributed by atoms with Gasteiger partial charge in [0.1, 0.15) is 11.5 Å². The van der Waals surface area contributed by atoms with E-state index in [4.69, 9.17) is 4.42 Å². The first-order valence-corrected chi connectivity index (χ1v) is 8.16. The summed E-state index contributed by atoms with van der Waals surface area (Å²) in [4.78, 5) is 6.53. The molecule has 0 spiro atoms. The molecule has 2 heterocycles. The summed E-state index contributed by atoms with van der Waals surface area (Å²) in [6, 6.07) is 2.14. The van der Waals surface area contributed by atoms with Crippen molar-refractivity contribution in [1.29, 1.82) is 0 Å². The number of hydrogen-bond donors (Lipinski definition) is 1. The highest BCUT2D eigenvalue weighted by molar-refractivity contribution is 7.07. The summed E-state index contributed by atoms with van der Waals surface area (Å²) in [5.41, 5.74) is 4.29. The van der Waals surface area contributed by atoms with Crippen molar-refractivity contribution in [3.8, 4) is 0 Å². The summed E-state index contributed by atoms with van der Waals surface area (Å²) in [5, 5.41) is 5.55. The van der Waals surface area contributed by atoms with Crippen molar-refractivity contribution >= 4 is 11.3 Å². The molecule has 1 N–H and O–H groups in total. The molecule has 0 aliphatic carbocycles. The lowest BCUT2D eigenvalue weighted by Crippen LogP contribution is -2.35. The average molecular weight is 307 g/mol. The Hall–Kier alpha value is -1.17. The summed E-state index contributed by atoms with van der Waals surface area (Å²) in [6.45, 7) is 11.0. The molecule has 0 bridgehead atoms. The smallest absolute Gasteiger partial charge is 0.120 e. The second-order valence-electron chi connectivity index (χ2n) is 6.57. The molecule has 0 saturated carbocycles. The van der Waals surface area contributed by atoms with Crippen LogP contribution in [0, 0.1) is 6.92 Å². The van der Waals surface area contributed by atoms with Gasteiger partial charge in [-0.25, -0.2) is 4.98 Å². The van der Waals surface area contributed by atoms with Gasteiger partial charge in [-0.15, -0.1) is 11.3 Å². The molecule has 0 atom stereocenters. The maximum absolute atomic E-state index is 5.98. The number of aryl methyl sites for hydroxylation is 1. The van der Waals surface area contributed by atoms with Gasteiger partial charge < -0.3 is 9.73 Å². The normalized spacial score (nSPS) is 12.3. The standard InChI is InChI=1S/C16H25N3OS/c1-12-6-14(20-15(12)7-18-16(2,3)4)9-19(5)8-13-10-21-11-17-13/h6,10-11,18H,7-9H2,1-5H3. The van der Waals surface area contributed by atoms with Crippen molar-refractivity contribution in [3.05, 3.63) is 39.7 Å². The molecule has 0 fully saturated rings. The minimum absolute atomic E-state index is 0.0980. The Labute approximate surface area is 131 Å². The summed E-state index contributed by atoms with van der Waals surface area (Å²) >= 11 is 1.63. The van der Waals surface area contributed by atoms with Gasteiger partial charge in [-0.3, -0.25) is 4.90 Å². The van der Waals surface area contributed by atoms with E-state index in [1.54, 1.807) is 11.3 Å². The molecule has 0 aliphatic heterocycles. The Kier molecular flexibility index (Phi) is 5.19. The van der Waals surface area contributed by atoms with Crippen molar-refractivity contribution in [2.45, 2.75) is 52.9 Å². The van der Waals surface area contributed by atoms with Crippen molar-refractivity contribution in [2.24, 2.45) is 0 Å². The highest BCUT2D eigenvalue weighted by Gasteiger charge is 2.14. The maximum Gasteiger partial charge on any atom is 0.120 e. The van der Waals surface area contributed by atoms with E-state index in [9.17, 15) is 0 Å². The van der Waals surface area contributed by atoms with Gasteiger partial charge >= 0.3 is 0 Å². The van der Waals surface area contributed by atoms with Gasteiger partial charge in [0, 0.05) is 17.5 Å². The molecular formula is C16H25N3OS. The first-order chi connectivity index (χ1) is 9.83. The van der Waals surface area contributed by atoms with Gasteiger partial charge in [0.15, 0.2) is 0 Å². The van der Waals surface area contributed by atoms with E-state index in [2.05, 4.69) is 61.4 Å². The summed E-state index contributed by atoms with van der Waals surface area (Å²) in [7, 11) is 2.09. The SMILES string of the molecule is Cc1cc(CN(C)Cc2cscn2)oc1CNC(C)(C)C. The highest BCUT2D eigenvalue weighted by atomic mass is 32.1. The van der Waals surface area contributed by atoms with E-state index in [0.29, 0.717) is 0 Å². The molecule has 0 radical (unpaired) electrons. The van der Waals surface area contributed by atoms with Crippen molar-refractivity contribution in [2.75, 3.05) is 7.05 Å². The molecule has 0 saturated heterocycles. The Morgan fingerprint density at radius 1 is 1.33 bits per heavy atom. The lowest BCUT2D eigenvalue weighted by Gasteiger charge is -2.19. The topological polar surface area (TPSA) is 41.3 Å². The van der Waals surface area contributed by atoms with Crippen LogP contribution in [-0.4, -0.2) is 22.5 Å². The van der Waals surface area contributed by atoms with Gasteiger partial charge in [-0.2, -0.15) is 0 Å². The van der Waals surface area contributed by atoms with E-state index in [0.717, 1.165) is 36.8 Å². The van der Waals surface area contributed by atoms with Crippen LogP contribution in [0.25, 0.3) is 0 Å². The number of thiazole rings is 1. The van der Waals surface area contributed by atoms with E-state index < -0.39 is 0 Å². The minimum Gasteiger partial charge on any atom is -0.463 e. The average Bonchev–Trinajstić information content (AvgIpc) is 2.96. The first-order valence-electron chi connectivity index (χ1n) is 7.22. The van der Waals surface area contributed by atoms with E-state index in [1.165, 1.54) is 5.56 Å². The fraction of sp³-hybridized carbons (Fsp3) is 0.562. The second-order valence-corrected chi connectivity index (χ2v) is 7.29. The Balaban J connectivity index is 1.92. The number of furan rings is 1. The van der Waals surface area contributed by atoms with Crippen LogP contribution in [0.15, 0.2) is 21.4 Å². The molecule has 0 aliphatic rings. The van der Waals surface area contributed by atoms with Crippen LogP contribution < -0.4 is 5.32 Å². The predicted octanol–water partition coefficient (Wildman–Crippen LogP) is 3.56. The zero-order valence-electron chi connectivity index (χ0n) is 13.6. The zero-order valence-corrected chi connectivity index (χ0v) is 14.4. The van der Waals surface area contributed by atoms with Crippen molar-refractivity contribution in [3.63, 3.8) is 0 Å². The largest absolute Gasteiger partial charge is 0.463 e. The van der Waals surface area contributed by atoms with Gasteiger partial charge in [-0.05, 0) is 46.4 Å². The van der Waals surface area contributed by atoms with Crippen LogP contribution in [0.5, 0.6) is 0 Å². The molecular weight excluding hydrogens is 282 g/mol. The third kappa shape index (κ3) is 5.26. The predicted molar refractivity (Wildman–Crippen MR) is 87.3 cm³/mol. The lowest BCUT2D eigenvalue weighted by molar-refractivity contribution is 0.277. The minimum atomic E-state index is 0.0980. The number of rotatable bonds is 6. The molecule has 0 unspecified atom stereocenters. The molecule has 2 aromatic rings. The number of nitrogens with zero attached hydrogens (tertiary/aromatic N) is 2. The monoisotopic (exact) mass is 307 g/mol. The van der Waals surface area contributed by atoms with Crippen molar-refractivity contribution < 1.29 is 4.42 Å². The fourth-order valence-corrected chi connectivity index (χ4v) is 2.65. The third-order valence-electron chi connectivity index (χ3n) is 3.19. The number of nitrogens with one attached hydrogen (secondary N) is 1. The summed E-state index contributed by atoms with van der Waals surface area (Å²) in [6.07, 6.45) is 0. The number of aromatic nitrogens is 1. The molecule has 116 valence electrons. The summed E-state index contributed by atoms with van der Waals surface area (Å²) < 4.78 is 5.98. The number of hydrogen-bond acceptors (Lipinski definition) is 5. The molecule has 0 amide bonds. The van der Waals surface area contributed by atoms with Crippen LogP contribution in [0.2, 0.25) is 0 Å². The molecule has 2 rings (SSSR count). The van der Waals surface area contributed by atoms with Gasteiger partial charge in [-0.1, -0.05) is 0 Å². The van der Waals surface area contributed by atoms with Crippen LogP contribution in [0.1, 0.15) is 43.5 Å². The third-order valence-corrected chi connectivity index (χ3v) is 3.83.